The maximum Gasteiger partial charge on any atom is 0.239 e. The molecule has 0 bridgehead atoms. The van der Waals surface area contributed by atoms with Crippen LogP contribution in [0.5, 0.6) is 0 Å². The largest absolute Gasteiger partial charge is 0.239 e. The molecule has 13 heavy (non-hydrogen) atoms. The molecule has 0 fully saturated rings. The second kappa shape index (κ2) is 2.51. The van der Waals surface area contributed by atoms with Crippen molar-refractivity contribution in [2.75, 3.05) is 0 Å². The lowest BCUT2D eigenvalue weighted by atomic mass is 10.5. The topological polar surface area (TPSA) is 90.4 Å². The highest BCUT2D eigenvalue weighted by Crippen LogP contribution is 2.06. The van der Waals surface area contributed by atoms with Crippen LogP contribution in [0, 0.1) is 0 Å². The first-order valence-electron chi connectivity index (χ1n) is 3.39. The summed E-state index contributed by atoms with van der Waals surface area (Å²) >= 11 is 0. The zero-order chi connectivity index (χ0) is 9.47. The van der Waals surface area contributed by atoms with Gasteiger partial charge in [-0.05, 0) is 12.1 Å². The zero-order valence-electron chi connectivity index (χ0n) is 6.45. The van der Waals surface area contributed by atoms with Gasteiger partial charge in [0.1, 0.15) is 11.2 Å². The van der Waals surface area contributed by atoms with Crippen molar-refractivity contribution in [2.45, 2.75) is 4.90 Å². The van der Waals surface area contributed by atoms with Gasteiger partial charge in [0, 0.05) is 0 Å². The molecule has 2 rings (SSSR count). The number of nitrogens with zero attached hydrogens (tertiary/aromatic N) is 3. The number of hydrogen-bond acceptors (Lipinski definition) is 4. The molecule has 7 heteroatoms. The average Bonchev–Trinajstić information content (AvgIpc) is 2.47. The predicted molar refractivity (Wildman–Crippen MR) is 44.4 cm³/mol. The van der Waals surface area contributed by atoms with Crippen molar-refractivity contribution in [3.8, 4) is 0 Å². The number of rotatable bonds is 1. The molecule has 0 amide bonds. The Balaban J connectivity index is 2.75. The predicted octanol–water partition coefficient (Wildman–Crippen LogP) is -0.623. The first kappa shape index (κ1) is 8.14. The lowest BCUT2D eigenvalue weighted by Crippen LogP contribution is -2.12. The highest BCUT2D eigenvalue weighted by atomic mass is 32.2. The van der Waals surface area contributed by atoms with E-state index in [0.29, 0.717) is 5.65 Å². The SMILES string of the molecule is NS(=O)(=O)c1ccc2ncnn2c1. The number of hydrogen-bond donors (Lipinski definition) is 1. The van der Waals surface area contributed by atoms with Crippen molar-refractivity contribution in [3.63, 3.8) is 0 Å². The Kier molecular flexibility index (Phi) is 1.57. The number of pyridine rings is 1. The summed E-state index contributed by atoms with van der Waals surface area (Å²) in [5.74, 6) is 0. The van der Waals surface area contributed by atoms with Gasteiger partial charge >= 0.3 is 0 Å². The van der Waals surface area contributed by atoms with Crippen LogP contribution in [0.15, 0.2) is 29.6 Å². The summed E-state index contributed by atoms with van der Waals surface area (Å²) in [6, 6.07) is 2.92. The van der Waals surface area contributed by atoms with Gasteiger partial charge < -0.3 is 0 Å². The highest BCUT2D eigenvalue weighted by Gasteiger charge is 2.08. The fourth-order valence-electron chi connectivity index (χ4n) is 0.966. The molecule has 0 aliphatic heterocycles. The second-order valence-corrected chi connectivity index (χ2v) is 4.03. The van der Waals surface area contributed by atoms with E-state index in [2.05, 4.69) is 10.1 Å². The second-order valence-electron chi connectivity index (χ2n) is 2.47. The highest BCUT2D eigenvalue weighted by molar-refractivity contribution is 7.89. The van der Waals surface area contributed by atoms with E-state index in [9.17, 15) is 8.42 Å². The van der Waals surface area contributed by atoms with Crippen LogP contribution >= 0.6 is 0 Å². The molecule has 0 atom stereocenters. The lowest BCUT2D eigenvalue weighted by molar-refractivity contribution is 0.597. The van der Waals surface area contributed by atoms with Crippen molar-refractivity contribution in [1.82, 2.24) is 14.6 Å². The normalized spacial score (nSPS) is 12.1. The summed E-state index contributed by atoms with van der Waals surface area (Å²) in [6.45, 7) is 0. The van der Waals surface area contributed by atoms with Gasteiger partial charge in [-0.1, -0.05) is 0 Å². The summed E-state index contributed by atoms with van der Waals surface area (Å²) in [5, 5.41) is 8.71. The summed E-state index contributed by atoms with van der Waals surface area (Å²) in [5.41, 5.74) is 0.576. The van der Waals surface area contributed by atoms with Crippen LogP contribution in [0.25, 0.3) is 5.65 Å². The van der Waals surface area contributed by atoms with Crippen LogP contribution in [-0.4, -0.2) is 23.0 Å². The summed E-state index contributed by atoms with van der Waals surface area (Å²) in [6.07, 6.45) is 2.65. The van der Waals surface area contributed by atoms with E-state index >= 15 is 0 Å². The van der Waals surface area contributed by atoms with Gasteiger partial charge in [0.05, 0.1) is 6.20 Å². The minimum atomic E-state index is -3.66. The quantitative estimate of drug-likeness (QED) is 0.661. The molecule has 2 aromatic rings. The van der Waals surface area contributed by atoms with Crippen molar-refractivity contribution in [2.24, 2.45) is 5.14 Å². The van der Waals surface area contributed by atoms with E-state index in [1.807, 2.05) is 0 Å². The van der Waals surface area contributed by atoms with Gasteiger partial charge in [0.2, 0.25) is 10.0 Å². The molecule has 6 nitrogen and oxygen atoms in total. The molecule has 2 N–H and O–H groups in total. The van der Waals surface area contributed by atoms with Gasteiger partial charge in [-0.3, -0.25) is 0 Å². The van der Waals surface area contributed by atoms with Crippen LogP contribution in [0.2, 0.25) is 0 Å². The van der Waals surface area contributed by atoms with Crippen LogP contribution in [0.3, 0.4) is 0 Å². The maximum atomic E-state index is 10.9. The minimum Gasteiger partial charge on any atom is -0.225 e. The third-order valence-corrected chi connectivity index (χ3v) is 2.47. The van der Waals surface area contributed by atoms with E-state index in [0.717, 1.165) is 0 Å². The molecule has 0 saturated carbocycles. The molecule has 68 valence electrons. The van der Waals surface area contributed by atoms with E-state index in [1.54, 1.807) is 0 Å². The van der Waals surface area contributed by atoms with E-state index in [1.165, 1.54) is 29.2 Å². The molecule has 0 unspecified atom stereocenters. The van der Waals surface area contributed by atoms with Gasteiger partial charge in [-0.15, -0.1) is 0 Å². The fourth-order valence-corrected chi connectivity index (χ4v) is 1.47. The fraction of sp³-hybridized carbons (Fsp3) is 0. The van der Waals surface area contributed by atoms with E-state index in [-0.39, 0.29) is 4.90 Å². The molecule has 2 heterocycles. The summed E-state index contributed by atoms with van der Waals surface area (Å²) < 4.78 is 23.2. The van der Waals surface area contributed by atoms with Crippen molar-refractivity contribution in [1.29, 1.82) is 0 Å². The summed E-state index contributed by atoms with van der Waals surface area (Å²) in [7, 11) is -3.66. The molecule has 0 aliphatic rings. The number of aromatic nitrogens is 3. The van der Waals surface area contributed by atoms with E-state index < -0.39 is 10.0 Å². The Hall–Kier alpha value is -1.47. The summed E-state index contributed by atoms with van der Waals surface area (Å²) in [4.78, 5) is 3.88. The average molecular weight is 198 g/mol. The Labute approximate surface area is 74.1 Å². The van der Waals surface area contributed by atoms with Gasteiger partial charge in [0.15, 0.2) is 5.65 Å². The smallest absolute Gasteiger partial charge is 0.225 e. The molecule has 0 saturated heterocycles. The zero-order valence-corrected chi connectivity index (χ0v) is 7.27. The minimum absolute atomic E-state index is 0.0190. The third kappa shape index (κ3) is 1.38. The molecular formula is C6H6N4O2S. The van der Waals surface area contributed by atoms with Crippen LogP contribution in [0.4, 0.5) is 0 Å². The van der Waals surface area contributed by atoms with Crippen LogP contribution in [0.1, 0.15) is 0 Å². The number of nitrogens with two attached hydrogens (primary N) is 1. The Bertz CT molecular complexity index is 545. The maximum absolute atomic E-state index is 10.9. The molecular weight excluding hydrogens is 192 g/mol. The van der Waals surface area contributed by atoms with Gasteiger partial charge in [0.25, 0.3) is 0 Å². The monoisotopic (exact) mass is 198 g/mol. The lowest BCUT2D eigenvalue weighted by Gasteiger charge is -1.97. The molecule has 0 radical (unpaired) electrons. The Morgan fingerprint density at radius 3 is 2.85 bits per heavy atom. The molecule has 0 aliphatic carbocycles. The third-order valence-electron chi connectivity index (χ3n) is 1.58. The number of sulfonamides is 1. The first-order valence-corrected chi connectivity index (χ1v) is 4.94. The van der Waals surface area contributed by atoms with E-state index in [4.69, 9.17) is 5.14 Å². The van der Waals surface area contributed by atoms with Crippen LogP contribution in [-0.2, 0) is 10.0 Å². The van der Waals surface area contributed by atoms with Crippen molar-refractivity contribution in [3.05, 3.63) is 24.7 Å². The molecule has 0 spiro atoms. The van der Waals surface area contributed by atoms with Crippen molar-refractivity contribution >= 4 is 15.7 Å². The van der Waals surface area contributed by atoms with Gasteiger partial charge in [-0.2, -0.15) is 5.10 Å². The van der Waals surface area contributed by atoms with Gasteiger partial charge in [-0.25, -0.2) is 23.1 Å². The standard InChI is InChI=1S/C6H6N4O2S/c7-13(11,12)5-1-2-6-8-4-9-10(6)3-5/h1-4H,(H2,7,11,12). The first-order chi connectivity index (χ1) is 6.07. The Morgan fingerprint density at radius 2 is 2.15 bits per heavy atom. The Morgan fingerprint density at radius 1 is 1.38 bits per heavy atom. The van der Waals surface area contributed by atoms with Crippen molar-refractivity contribution < 1.29 is 8.42 Å². The molecule has 0 aromatic carbocycles. The number of fused-ring (bicyclic) bond motifs is 1. The molecule has 2 aromatic heterocycles. The van der Waals surface area contributed by atoms with Crippen LogP contribution < -0.4 is 5.14 Å². The number of primary sulfonamides is 1.